The molecule has 0 saturated carbocycles. The molecule has 0 spiro atoms. The van der Waals surface area contributed by atoms with Crippen molar-refractivity contribution in [2.75, 3.05) is 4.72 Å². The molecule has 0 bridgehead atoms. The van der Waals surface area contributed by atoms with Crippen LogP contribution in [0.2, 0.25) is 0 Å². The fourth-order valence-corrected chi connectivity index (χ4v) is 2.30. The van der Waals surface area contributed by atoms with Crippen molar-refractivity contribution in [3.05, 3.63) is 42.1 Å². The van der Waals surface area contributed by atoms with Crippen LogP contribution in [0, 0.1) is 0 Å². The molecular weight excluding hydrogens is 256 g/mol. The van der Waals surface area contributed by atoms with Crippen molar-refractivity contribution in [2.45, 2.75) is 5.03 Å². The average Bonchev–Trinajstić information content (AvgIpc) is 2.82. The zero-order chi connectivity index (χ0) is 13.2. The number of carbonyl (C=O) groups excluding carboxylic acids is 1. The van der Waals surface area contributed by atoms with E-state index in [4.69, 9.17) is 5.73 Å². The number of H-pyrrole nitrogens is 1. The van der Waals surface area contributed by atoms with E-state index >= 15 is 0 Å². The van der Waals surface area contributed by atoms with Crippen LogP contribution in [0.1, 0.15) is 10.4 Å². The van der Waals surface area contributed by atoms with Crippen LogP contribution in [-0.4, -0.2) is 24.5 Å². The molecule has 1 heterocycles. The maximum atomic E-state index is 11.8. The molecule has 0 unspecified atom stereocenters. The van der Waals surface area contributed by atoms with Crippen LogP contribution in [0.4, 0.5) is 5.69 Å². The lowest BCUT2D eigenvalue weighted by Gasteiger charge is -2.06. The monoisotopic (exact) mass is 266 g/mol. The first-order chi connectivity index (χ1) is 8.49. The summed E-state index contributed by atoms with van der Waals surface area (Å²) in [5, 5.41) is 5.84. The van der Waals surface area contributed by atoms with E-state index in [1.807, 2.05) is 0 Å². The van der Waals surface area contributed by atoms with Gasteiger partial charge in [-0.05, 0) is 24.3 Å². The highest BCUT2D eigenvalue weighted by molar-refractivity contribution is 7.92. The Bertz CT molecular complexity index is 664. The van der Waals surface area contributed by atoms with Gasteiger partial charge in [0, 0.05) is 11.3 Å². The lowest BCUT2D eigenvalue weighted by molar-refractivity contribution is 0.100. The summed E-state index contributed by atoms with van der Waals surface area (Å²) in [7, 11) is -3.73. The second-order valence-corrected chi connectivity index (χ2v) is 5.12. The summed E-state index contributed by atoms with van der Waals surface area (Å²) in [4.78, 5) is 11.0. The molecule has 0 fully saturated rings. The molecule has 1 amide bonds. The molecule has 0 atom stereocenters. The number of amides is 1. The lowest BCUT2D eigenvalue weighted by Crippen LogP contribution is -2.15. The molecule has 0 aliphatic heterocycles. The van der Waals surface area contributed by atoms with Crippen molar-refractivity contribution >= 4 is 21.6 Å². The number of aromatic amines is 1. The van der Waals surface area contributed by atoms with Gasteiger partial charge < -0.3 is 5.73 Å². The van der Waals surface area contributed by atoms with Crippen molar-refractivity contribution < 1.29 is 13.2 Å². The molecule has 1 aromatic heterocycles. The van der Waals surface area contributed by atoms with Crippen LogP contribution < -0.4 is 10.5 Å². The standard InChI is InChI=1S/C10H10N4O3S/c11-10(15)7-2-1-3-8(6-7)14-18(16,17)9-4-5-12-13-9/h1-6,14H,(H2,11,15)(H,12,13). The molecule has 18 heavy (non-hydrogen) atoms. The van der Waals surface area contributed by atoms with Crippen molar-refractivity contribution in [1.29, 1.82) is 0 Å². The molecule has 0 aliphatic rings. The number of nitrogens with one attached hydrogen (secondary N) is 2. The largest absolute Gasteiger partial charge is 0.366 e. The van der Waals surface area contributed by atoms with E-state index in [1.54, 1.807) is 0 Å². The van der Waals surface area contributed by atoms with Gasteiger partial charge in [-0.25, -0.2) is 0 Å². The molecule has 7 nitrogen and oxygen atoms in total. The Labute approximate surface area is 103 Å². The number of nitrogens with two attached hydrogens (primary N) is 1. The molecule has 4 N–H and O–H groups in total. The number of hydrogen-bond donors (Lipinski definition) is 3. The average molecular weight is 266 g/mol. The van der Waals surface area contributed by atoms with E-state index in [9.17, 15) is 13.2 Å². The highest BCUT2D eigenvalue weighted by atomic mass is 32.2. The minimum Gasteiger partial charge on any atom is -0.366 e. The highest BCUT2D eigenvalue weighted by Gasteiger charge is 2.15. The van der Waals surface area contributed by atoms with Gasteiger partial charge in [0.2, 0.25) is 5.91 Å². The van der Waals surface area contributed by atoms with Gasteiger partial charge in [-0.2, -0.15) is 13.5 Å². The number of anilines is 1. The first-order valence-electron chi connectivity index (χ1n) is 4.91. The number of sulfonamides is 1. The second kappa shape index (κ2) is 4.49. The summed E-state index contributed by atoms with van der Waals surface area (Å²) in [6.45, 7) is 0. The maximum absolute atomic E-state index is 11.8. The summed E-state index contributed by atoms with van der Waals surface area (Å²) in [6.07, 6.45) is 1.33. The third-order valence-corrected chi connectivity index (χ3v) is 3.47. The van der Waals surface area contributed by atoms with Gasteiger partial charge in [-0.3, -0.25) is 14.6 Å². The van der Waals surface area contributed by atoms with E-state index < -0.39 is 15.9 Å². The molecule has 0 saturated heterocycles. The Morgan fingerprint density at radius 3 is 2.72 bits per heavy atom. The predicted octanol–water partition coefficient (Wildman–Crippen LogP) is 0.309. The SMILES string of the molecule is NC(=O)c1cccc(NS(=O)(=O)c2ccn[nH]2)c1. The first kappa shape index (κ1) is 12.1. The Balaban J connectivity index is 2.30. The van der Waals surface area contributed by atoms with Crippen LogP contribution in [0.5, 0.6) is 0 Å². The zero-order valence-corrected chi connectivity index (χ0v) is 9.94. The number of rotatable bonds is 4. The van der Waals surface area contributed by atoms with Crippen molar-refractivity contribution in [3.8, 4) is 0 Å². The van der Waals surface area contributed by atoms with Gasteiger partial charge in [-0.15, -0.1) is 0 Å². The van der Waals surface area contributed by atoms with E-state index in [0.29, 0.717) is 0 Å². The van der Waals surface area contributed by atoms with Gasteiger partial charge in [0.15, 0.2) is 5.03 Å². The number of hydrogen-bond acceptors (Lipinski definition) is 4. The molecular formula is C10H10N4O3S. The summed E-state index contributed by atoms with van der Waals surface area (Å²) in [5.41, 5.74) is 5.58. The fourth-order valence-electron chi connectivity index (χ4n) is 1.34. The molecule has 2 aromatic rings. The van der Waals surface area contributed by atoms with Crippen LogP contribution in [0.15, 0.2) is 41.6 Å². The first-order valence-corrected chi connectivity index (χ1v) is 6.39. The van der Waals surface area contributed by atoms with Gasteiger partial charge in [-0.1, -0.05) is 6.07 Å². The summed E-state index contributed by atoms with van der Waals surface area (Å²) in [6, 6.07) is 7.22. The summed E-state index contributed by atoms with van der Waals surface area (Å²) < 4.78 is 26.0. The number of nitrogens with zero attached hydrogens (tertiary/aromatic N) is 1. The van der Waals surface area contributed by atoms with Crippen LogP contribution in [0.25, 0.3) is 0 Å². The van der Waals surface area contributed by atoms with Gasteiger partial charge >= 0.3 is 0 Å². The second-order valence-electron chi connectivity index (χ2n) is 3.47. The number of carbonyl (C=O) groups is 1. The Kier molecular flexibility index (Phi) is 3.02. The Morgan fingerprint density at radius 1 is 1.33 bits per heavy atom. The Hall–Kier alpha value is -2.35. The fraction of sp³-hybridized carbons (Fsp3) is 0. The topological polar surface area (TPSA) is 118 Å². The summed E-state index contributed by atoms with van der Waals surface area (Å²) >= 11 is 0. The van der Waals surface area contributed by atoms with Crippen molar-refractivity contribution in [2.24, 2.45) is 5.73 Å². The minimum atomic E-state index is -3.73. The minimum absolute atomic E-state index is 0.0630. The predicted molar refractivity (Wildman–Crippen MR) is 64.4 cm³/mol. The number of benzene rings is 1. The van der Waals surface area contributed by atoms with Crippen LogP contribution in [0.3, 0.4) is 0 Å². The molecule has 2 rings (SSSR count). The molecule has 8 heteroatoms. The van der Waals surface area contributed by atoms with Crippen molar-refractivity contribution in [1.82, 2.24) is 10.2 Å². The third kappa shape index (κ3) is 2.48. The summed E-state index contributed by atoms with van der Waals surface area (Å²) in [5.74, 6) is -0.627. The number of primary amides is 1. The van der Waals surface area contributed by atoms with E-state index in [0.717, 1.165) is 0 Å². The molecule has 0 aliphatic carbocycles. The maximum Gasteiger partial charge on any atom is 0.278 e. The zero-order valence-electron chi connectivity index (χ0n) is 9.12. The van der Waals surface area contributed by atoms with Crippen LogP contribution >= 0.6 is 0 Å². The van der Waals surface area contributed by atoms with Crippen LogP contribution in [-0.2, 0) is 10.0 Å². The van der Waals surface area contributed by atoms with E-state index in [1.165, 1.54) is 36.5 Å². The van der Waals surface area contributed by atoms with E-state index in [-0.39, 0.29) is 16.3 Å². The van der Waals surface area contributed by atoms with E-state index in [2.05, 4.69) is 14.9 Å². The molecule has 94 valence electrons. The van der Waals surface area contributed by atoms with Crippen molar-refractivity contribution in [3.63, 3.8) is 0 Å². The quantitative estimate of drug-likeness (QED) is 0.737. The van der Waals surface area contributed by atoms with Gasteiger partial charge in [0.25, 0.3) is 10.0 Å². The third-order valence-electron chi connectivity index (χ3n) is 2.16. The smallest absolute Gasteiger partial charge is 0.278 e. The van der Waals surface area contributed by atoms with Gasteiger partial charge in [0.05, 0.1) is 6.20 Å². The normalized spacial score (nSPS) is 11.1. The number of aromatic nitrogens is 2. The van der Waals surface area contributed by atoms with Gasteiger partial charge in [0.1, 0.15) is 0 Å². The lowest BCUT2D eigenvalue weighted by atomic mass is 10.2. The molecule has 0 radical (unpaired) electrons. The molecule has 1 aromatic carbocycles. The highest BCUT2D eigenvalue weighted by Crippen LogP contribution is 2.15. The Morgan fingerprint density at radius 2 is 2.11 bits per heavy atom.